The Morgan fingerprint density at radius 2 is 1.81 bits per heavy atom. The van der Waals surface area contributed by atoms with Gasteiger partial charge in [0.25, 0.3) is 0 Å². The van der Waals surface area contributed by atoms with Crippen LogP contribution in [0, 0.1) is 11.3 Å². The molecule has 2 nitrogen and oxygen atoms in total. The lowest BCUT2D eigenvalue weighted by Gasteiger charge is -2.34. The summed E-state index contributed by atoms with van der Waals surface area (Å²) >= 11 is 0. The first-order valence-electron chi connectivity index (χ1n) is 7.17. The molecule has 94 valence electrons. The van der Waals surface area contributed by atoms with Gasteiger partial charge in [0.1, 0.15) is 0 Å². The van der Waals surface area contributed by atoms with Crippen LogP contribution in [0.2, 0.25) is 0 Å². The Balaban J connectivity index is 1.79. The van der Waals surface area contributed by atoms with Gasteiger partial charge in [-0.2, -0.15) is 0 Å². The monoisotopic (exact) mass is 224 g/mol. The summed E-state index contributed by atoms with van der Waals surface area (Å²) in [6.45, 7) is 4.54. The fourth-order valence-electron chi connectivity index (χ4n) is 3.54. The van der Waals surface area contributed by atoms with E-state index in [2.05, 4.69) is 12.2 Å². The predicted octanol–water partition coefficient (Wildman–Crippen LogP) is 2.67. The van der Waals surface area contributed by atoms with Crippen LogP contribution in [0.3, 0.4) is 0 Å². The average molecular weight is 224 g/mol. The molecule has 0 spiro atoms. The highest BCUT2D eigenvalue weighted by molar-refractivity contribution is 4.87. The first-order chi connectivity index (χ1) is 7.73. The van der Waals surface area contributed by atoms with Crippen LogP contribution in [0.15, 0.2) is 0 Å². The van der Waals surface area contributed by atoms with Crippen LogP contribution in [-0.4, -0.2) is 19.1 Å². The fraction of sp³-hybridized carbons (Fsp3) is 1.00. The average Bonchev–Trinajstić information content (AvgIpc) is 2.74. The summed E-state index contributed by atoms with van der Waals surface area (Å²) in [5, 5.41) is 3.83. The molecule has 2 heteroatoms. The van der Waals surface area contributed by atoms with Crippen molar-refractivity contribution < 1.29 is 0 Å². The maximum absolute atomic E-state index is 5.87. The van der Waals surface area contributed by atoms with Crippen molar-refractivity contribution in [1.29, 1.82) is 0 Å². The van der Waals surface area contributed by atoms with E-state index in [-0.39, 0.29) is 0 Å². The topological polar surface area (TPSA) is 38.0 Å². The zero-order chi connectivity index (χ0) is 11.4. The summed E-state index contributed by atoms with van der Waals surface area (Å²) < 4.78 is 0. The van der Waals surface area contributed by atoms with Gasteiger partial charge in [-0.05, 0) is 43.6 Å². The normalized spacial score (nSPS) is 34.1. The van der Waals surface area contributed by atoms with Crippen LogP contribution in [0.4, 0.5) is 0 Å². The first-order valence-corrected chi connectivity index (χ1v) is 7.17. The van der Waals surface area contributed by atoms with Crippen LogP contribution in [0.1, 0.15) is 58.3 Å². The highest BCUT2D eigenvalue weighted by Gasteiger charge is 2.31. The summed E-state index contributed by atoms with van der Waals surface area (Å²) in [6.07, 6.45) is 11.2. The van der Waals surface area contributed by atoms with E-state index in [0.29, 0.717) is 11.5 Å². The number of nitrogens with one attached hydrogen (secondary N) is 1. The number of hydrogen-bond acceptors (Lipinski definition) is 2. The maximum Gasteiger partial charge on any atom is 0.0108 e. The van der Waals surface area contributed by atoms with Crippen LogP contribution >= 0.6 is 0 Å². The lowest BCUT2D eigenvalue weighted by atomic mass is 9.83. The Morgan fingerprint density at radius 3 is 2.50 bits per heavy atom. The molecular weight excluding hydrogens is 196 g/mol. The Hall–Kier alpha value is -0.0800. The van der Waals surface area contributed by atoms with Crippen molar-refractivity contribution in [2.45, 2.75) is 64.3 Å². The van der Waals surface area contributed by atoms with E-state index in [9.17, 15) is 0 Å². The third-order valence-electron chi connectivity index (χ3n) is 4.81. The molecule has 0 saturated heterocycles. The molecule has 0 bridgehead atoms. The third kappa shape index (κ3) is 2.98. The van der Waals surface area contributed by atoms with Gasteiger partial charge in [-0.25, -0.2) is 0 Å². The zero-order valence-electron chi connectivity index (χ0n) is 10.8. The van der Waals surface area contributed by atoms with E-state index < -0.39 is 0 Å². The van der Waals surface area contributed by atoms with E-state index in [0.717, 1.165) is 12.5 Å². The first kappa shape index (κ1) is 12.4. The highest BCUT2D eigenvalue weighted by atomic mass is 14.9. The lowest BCUT2D eigenvalue weighted by molar-refractivity contribution is 0.225. The molecule has 2 aliphatic carbocycles. The maximum atomic E-state index is 5.87. The molecular formula is C14H28N2. The van der Waals surface area contributed by atoms with Gasteiger partial charge in [0.2, 0.25) is 0 Å². The predicted molar refractivity (Wildman–Crippen MR) is 69.4 cm³/mol. The molecule has 2 aliphatic rings. The minimum atomic E-state index is 0.580. The van der Waals surface area contributed by atoms with Crippen molar-refractivity contribution in [1.82, 2.24) is 5.32 Å². The Bertz CT molecular complexity index is 209. The number of rotatable bonds is 4. The summed E-state index contributed by atoms with van der Waals surface area (Å²) in [5.74, 6) is 0.735. The van der Waals surface area contributed by atoms with Gasteiger partial charge >= 0.3 is 0 Å². The molecule has 2 atom stereocenters. The van der Waals surface area contributed by atoms with Crippen molar-refractivity contribution >= 4 is 0 Å². The SMILES string of the molecule is CC1(CNC2CCCCC2CN)CCCC1. The lowest BCUT2D eigenvalue weighted by Crippen LogP contribution is -2.45. The van der Waals surface area contributed by atoms with E-state index >= 15 is 0 Å². The summed E-state index contributed by atoms with van der Waals surface area (Å²) in [4.78, 5) is 0. The van der Waals surface area contributed by atoms with E-state index in [1.807, 2.05) is 0 Å². The number of hydrogen-bond donors (Lipinski definition) is 2. The zero-order valence-corrected chi connectivity index (χ0v) is 10.8. The summed E-state index contributed by atoms with van der Waals surface area (Å²) in [6, 6.07) is 0.705. The molecule has 0 aromatic rings. The van der Waals surface area contributed by atoms with Gasteiger partial charge in [-0.15, -0.1) is 0 Å². The molecule has 3 N–H and O–H groups in total. The third-order valence-corrected chi connectivity index (χ3v) is 4.81. The van der Waals surface area contributed by atoms with Gasteiger partial charge in [-0.3, -0.25) is 0 Å². The molecule has 0 radical (unpaired) electrons. The molecule has 2 rings (SSSR count). The summed E-state index contributed by atoms with van der Waals surface area (Å²) in [5.41, 5.74) is 6.45. The fourth-order valence-corrected chi connectivity index (χ4v) is 3.54. The van der Waals surface area contributed by atoms with Crippen LogP contribution in [0.25, 0.3) is 0 Å². The molecule has 2 unspecified atom stereocenters. The van der Waals surface area contributed by atoms with E-state index in [1.165, 1.54) is 57.9 Å². The van der Waals surface area contributed by atoms with Gasteiger partial charge in [0.15, 0.2) is 0 Å². The van der Waals surface area contributed by atoms with Crippen molar-refractivity contribution in [2.24, 2.45) is 17.1 Å². The Morgan fingerprint density at radius 1 is 1.12 bits per heavy atom. The smallest absolute Gasteiger partial charge is 0.0108 e. The minimum Gasteiger partial charge on any atom is -0.330 e. The van der Waals surface area contributed by atoms with Gasteiger partial charge in [0.05, 0.1) is 0 Å². The van der Waals surface area contributed by atoms with Crippen LogP contribution in [-0.2, 0) is 0 Å². The largest absolute Gasteiger partial charge is 0.330 e. The van der Waals surface area contributed by atoms with Crippen molar-refractivity contribution in [2.75, 3.05) is 13.1 Å². The Labute approximate surface area is 100 Å². The molecule has 0 aromatic heterocycles. The molecule has 16 heavy (non-hydrogen) atoms. The van der Waals surface area contributed by atoms with Gasteiger partial charge in [-0.1, -0.05) is 32.6 Å². The molecule has 0 heterocycles. The van der Waals surface area contributed by atoms with E-state index in [4.69, 9.17) is 5.73 Å². The van der Waals surface area contributed by atoms with Crippen molar-refractivity contribution in [3.8, 4) is 0 Å². The van der Waals surface area contributed by atoms with Crippen LogP contribution < -0.4 is 11.1 Å². The van der Waals surface area contributed by atoms with Crippen molar-refractivity contribution in [3.63, 3.8) is 0 Å². The van der Waals surface area contributed by atoms with E-state index in [1.54, 1.807) is 0 Å². The molecule has 0 aromatic carbocycles. The summed E-state index contributed by atoms with van der Waals surface area (Å²) in [7, 11) is 0. The highest BCUT2D eigenvalue weighted by Crippen LogP contribution is 2.37. The quantitative estimate of drug-likeness (QED) is 0.770. The molecule has 2 fully saturated rings. The minimum absolute atomic E-state index is 0.580. The number of nitrogens with two attached hydrogens (primary N) is 1. The van der Waals surface area contributed by atoms with Gasteiger partial charge in [0, 0.05) is 12.6 Å². The van der Waals surface area contributed by atoms with Crippen LogP contribution in [0.5, 0.6) is 0 Å². The molecule has 0 amide bonds. The standard InChI is InChI=1S/C14H28N2/c1-14(8-4-5-9-14)11-16-13-7-3-2-6-12(13)10-15/h12-13,16H,2-11,15H2,1H3. The second kappa shape index (κ2) is 5.50. The van der Waals surface area contributed by atoms with Crippen molar-refractivity contribution in [3.05, 3.63) is 0 Å². The Kier molecular flexibility index (Phi) is 4.26. The molecule has 2 saturated carbocycles. The molecule has 0 aliphatic heterocycles. The second-order valence-corrected chi connectivity index (χ2v) is 6.29. The van der Waals surface area contributed by atoms with Gasteiger partial charge < -0.3 is 11.1 Å². The second-order valence-electron chi connectivity index (χ2n) is 6.29.